The molecule has 0 aliphatic carbocycles. The van der Waals surface area contributed by atoms with Gasteiger partial charge in [0.25, 0.3) is 5.91 Å². The summed E-state index contributed by atoms with van der Waals surface area (Å²) in [5.74, 6) is -1.50. The van der Waals surface area contributed by atoms with Crippen molar-refractivity contribution in [2.75, 3.05) is 10.6 Å². The number of nitrogens with one attached hydrogen (secondary N) is 2. The van der Waals surface area contributed by atoms with Crippen LogP contribution >= 0.6 is 0 Å². The molecule has 0 atom stereocenters. The molecule has 0 spiro atoms. The topological polar surface area (TPSA) is 80.0 Å². The summed E-state index contributed by atoms with van der Waals surface area (Å²) in [7, 11) is 0. The highest BCUT2D eigenvalue weighted by Gasteiger charge is 2.10. The Bertz CT molecular complexity index is 836. The summed E-state index contributed by atoms with van der Waals surface area (Å²) in [4.78, 5) is 20.1. The number of anilines is 2. The van der Waals surface area contributed by atoms with Crippen LogP contribution in [-0.4, -0.2) is 15.9 Å². The maximum Gasteiger partial charge on any atom is 0.258 e. The molecule has 2 N–H and O–H groups in total. The van der Waals surface area contributed by atoms with E-state index in [1.165, 1.54) is 18.5 Å². The minimum atomic E-state index is -1.04. The third kappa shape index (κ3) is 3.72. The van der Waals surface area contributed by atoms with Gasteiger partial charge in [0.05, 0.1) is 18.4 Å². The lowest BCUT2D eigenvalue weighted by atomic mass is 10.2. The van der Waals surface area contributed by atoms with Crippen LogP contribution in [-0.2, 0) is 6.54 Å². The van der Waals surface area contributed by atoms with E-state index in [0.717, 1.165) is 17.9 Å². The molecule has 3 rings (SSSR count). The Balaban J connectivity index is 1.61. The van der Waals surface area contributed by atoms with Crippen LogP contribution in [0.1, 0.15) is 16.1 Å². The van der Waals surface area contributed by atoms with Gasteiger partial charge >= 0.3 is 0 Å². The van der Waals surface area contributed by atoms with Crippen molar-refractivity contribution in [1.29, 1.82) is 0 Å². The van der Waals surface area contributed by atoms with Gasteiger partial charge in [-0.2, -0.15) is 0 Å². The smallest absolute Gasteiger partial charge is 0.258 e. The van der Waals surface area contributed by atoms with E-state index in [1.807, 2.05) is 0 Å². The van der Waals surface area contributed by atoms with Gasteiger partial charge in [-0.1, -0.05) is 0 Å². The molecule has 0 saturated heterocycles. The molecule has 8 heteroatoms. The van der Waals surface area contributed by atoms with E-state index in [-0.39, 0.29) is 11.3 Å². The van der Waals surface area contributed by atoms with Gasteiger partial charge in [0.1, 0.15) is 5.76 Å². The number of carbonyl (C=O) groups excluding carboxylic acids is 1. The van der Waals surface area contributed by atoms with Crippen molar-refractivity contribution in [3.8, 4) is 0 Å². The van der Waals surface area contributed by atoms with E-state index in [1.54, 1.807) is 18.4 Å². The van der Waals surface area contributed by atoms with E-state index in [4.69, 9.17) is 4.42 Å². The van der Waals surface area contributed by atoms with E-state index < -0.39 is 17.5 Å². The quantitative estimate of drug-likeness (QED) is 0.751. The molecule has 24 heavy (non-hydrogen) atoms. The number of halogens is 2. The zero-order valence-electron chi connectivity index (χ0n) is 12.3. The Morgan fingerprint density at radius 3 is 2.58 bits per heavy atom. The predicted molar refractivity (Wildman–Crippen MR) is 82.4 cm³/mol. The molecule has 2 aromatic heterocycles. The van der Waals surface area contributed by atoms with Crippen molar-refractivity contribution >= 4 is 17.5 Å². The Morgan fingerprint density at radius 1 is 1.12 bits per heavy atom. The first kappa shape index (κ1) is 15.6. The predicted octanol–water partition coefficient (Wildman–Crippen LogP) is 3.21. The summed E-state index contributed by atoms with van der Waals surface area (Å²) in [6, 6.07) is 6.66. The summed E-state index contributed by atoms with van der Waals surface area (Å²) in [5, 5.41) is 5.38. The molecule has 0 bridgehead atoms. The third-order valence-corrected chi connectivity index (χ3v) is 3.09. The number of amides is 1. The van der Waals surface area contributed by atoms with Crippen molar-refractivity contribution in [2.24, 2.45) is 0 Å². The number of carbonyl (C=O) groups is 1. The van der Waals surface area contributed by atoms with Gasteiger partial charge in [0, 0.05) is 24.1 Å². The first-order valence-corrected chi connectivity index (χ1v) is 6.96. The van der Waals surface area contributed by atoms with Gasteiger partial charge in [0.15, 0.2) is 11.6 Å². The first-order valence-electron chi connectivity index (χ1n) is 6.96. The second-order valence-electron chi connectivity index (χ2n) is 4.81. The average molecular weight is 330 g/mol. The second kappa shape index (κ2) is 6.86. The van der Waals surface area contributed by atoms with Gasteiger partial charge in [-0.05, 0) is 24.3 Å². The van der Waals surface area contributed by atoms with Crippen LogP contribution in [0.5, 0.6) is 0 Å². The fourth-order valence-electron chi connectivity index (χ4n) is 1.89. The highest BCUT2D eigenvalue weighted by atomic mass is 19.2. The lowest BCUT2D eigenvalue weighted by molar-refractivity contribution is 0.102. The van der Waals surface area contributed by atoms with Crippen LogP contribution in [0, 0.1) is 11.6 Å². The minimum absolute atomic E-state index is 0.138. The lowest BCUT2D eigenvalue weighted by Gasteiger charge is -2.06. The van der Waals surface area contributed by atoms with Crippen LogP contribution in [0.3, 0.4) is 0 Å². The maximum atomic E-state index is 13.1. The van der Waals surface area contributed by atoms with Crippen LogP contribution in [0.25, 0.3) is 0 Å². The van der Waals surface area contributed by atoms with Crippen LogP contribution < -0.4 is 10.6 Å². The fourth-order valence-corrected chi connectivity index (χ4v) is 1.89. The molecule has 2 heterocycles. The summed E-state index contributed by atoms with van der Waals surface area (Å²) in [6.07, 6.45) is 4.21. The standard InChI is InChI=1S/C16H12F2N4O2/c17-13-4-3-11(6-14(13)18)22-15(23)10-7-19-16(20-8-10)21-9-12-2-1-5-24-12/h1-8H,9H2,(H,22,23)(H,19,20,21). The normalized spacial score (nSPS) is 10.4. The number of hydrogen-bond acceptors (Lipinski definition) is 5. The molecule has 0 fully saturated rings. The van der Waals surface area contributed by atoms with Crippen molar-refractivity contribution in [2.45, 2.75) is 6.54 Å². The molecular weight excluding hydrogens is 318 g/mol. The number of hydrogen-bond donors (Lipinski definition) is 2. The summed E-state index contributed by atoms with van der Waals surface area (Å²) < 4.78 is 31.1. The van der Waals surface area contributed by atoms with Crippen molar-refractivity contribution < 1.29 is 18.0 Å². The van der Waals surface area contributed by atoms with Crippen molar-refractivity contribution in [3.63, 3.8) is 0 Å². The van der Waals surface area contributed by atoms with E-state index in [2.05, 4.69) is 20.6 Å². The Labute approximate surface area is 135 Å². The zero-order valence-corrected chi connectivity index (χ0v) is 12.3. The number of rotatable bonds is 5. The van der Waals surface area contributed by atoms with E-state index >= 15 is 0 Å². The molecule has 122 valence electrons. The summed E-state index contributed by atoms with van der Waals surface area (Å²) >= 11 is 0. The van der Waals surface area contributed by atoms with Gasteiger partial charge in [-0.25, -0.2) is 18.7 Å². The first-order chi connectivity index (χ1) is 11.6. The summed E-state index contributed by atoms with van der Waals surface area (Å²) in [6.45, 7) is 0.410. The minimum Gasteiger partial charge on any atom is -0.467 e. The number of furan rings is 1. The molecular formula is C16H12F2N4O2. The van der Waals surface area contributed by atoms with Crippen LogP contribution in [0.4, 0.5) is 20.4 Å². The SMILES string of the molecule is O=C(Nc1ccc(F)c(F)c1)c1cnc(NCc2ccco2)nc1. The number of aromatic nitrogens is 2. The van der Waals surface area contributed by atoms with Gasteiger partial charge in [-0.15, -0.1) is 0 Å². The van der Waals surface area contributed by atoms with Gasteiger partial charge in [0.2, 0.25) is 5.95 Å². The molecule has 0 saturated carbocycles. The van der Waals surface area contributed by atoms with Crippen LogP contribution in [0.15, 0.2) is 53.4 Å². The van der Waals surface area contributed by atoms with Crippen molar-refractivity contribution in [3.05, 3.63) is 71.9 Å². The monoisotopic (exact) mass is 330 g/mol. The Hall–Kier alpha value is -3.29. The zero-order chi connectivity index (χ0) is 16.9. The van der Waals surface area contributed by atoms with E-state index in [9.17, 15) is 13.6 Å². The van der Waals surface area contributed by atoms with Crippen molar-refractivity contribution in [1.82, 2.24) is 9.97 Å². The fraction of sp³-hybridized carbons (Fsp3) is 0.0625. The number of benzene rings is 1. The second-order valence-corrected chi connectivity index (χ2v) is 4.81. The molecule has 6 nitrogen and oxygen atoms in total. The highest BCUT2D eigenvalue weighted by Crippen LogP contribution is 2.14. The lowest BCUT2D eigenvalue weighted by Crippen LogP contribution is -2.13. The number of nitrogens with zero attached hydrogens (tertiary/aromatic N) is 2. The molecule has 0 aliphatic rings. The summed E-state index contributed by atoms with van der Waals surface area (Å²) in [5.41, 5.74) is 0.321. The third-order valence-electron chi connectivity index (χ3n) is 3.09. The molecule has 0 unspecified atom stereocenters. The highest BCUT2D eigenvalue weighted by molar-refractivity contribution is 6.03. The Kier molecular flexibility index (Phi) is 4.46. The maximum absolute atomic E-state index is 13.1. The van der Waals surface area contributed by atoms with Gasteiger partial charge in [-0.3, -0.25) is 4.79 Å². The molecule has 0 radical (unpaired) electrons. The van der Waals surface area contributed by atoms with E-state index in [0.29, 0.717) is 12.5 Å². The average Bonchev–Trinajstić information content (AvgIpc) is 3.10. The Morgan fingerprint density at radius 2 is 1.92 bits per heavy atom. The molecule has 0 aliphatic heterocycles. The molecule has 1 aromatic carbocycles. The molecule has 1 amide bonds. The van der Waals surface area contributed by atoms with Crippen LogP contribution in [0.2, 0.25) is 0 Å². The largest absolute Gasteiger partial charge is 0.467 e. The van der Waals surface area contributed by atoms with Gasteiger partial charge < -0.3 is 15.1 Å². The molecule has 3 aromatic rings.